The molecule has 1 N–H and O–H groups in total. The van der Waals surface area contributed by atoms with Crippen molar-refractivity contribution in [2.75, 3.05) is 5.32 Å². The van der Waals surface area contributed by atoms with Crippen molar-refractivity contribution in [2.45, 2.75) is 0 Å². The molecule has 6 heteroatoms. The number of nitrogens with one attached hydrogen (secondary N) is 1. The van der Waals surface area contributed by atoms with Gasteiger partial charge in [-0.2, -0.15) is 0 Å². The van der Waals surface area contributed by atoms with Crippen molar-refractivity contribution in [2.24, 2.45) is 0 Å². The topological polar surface area (TPSA) is 29.1 Å². The molecular formula is C13H7Br2ClFNO. The highest BCUT2D eigenvalue weighted by Crippen LogP contribution is 2.23. The number of halogens is 4. The van der Waals surface area contributed by atoms with E-state index in [4.69, 9.17) is 11.6 Å². The summed E-state index contributed by atoms with van der Waals surface area (Å²) in [5, 5.41) is 2.92. The molecule has 0 aliphatic heterocycles. The molecule has 0 spiro atoms. The van der Waals surface area contributed by atoms with E-state index in [9.17, 15) is 9.18 Å². The second-order valence-electron chi connectivity index (χ2n) is 3.74. The molecule has 2 aromatic carbocycles. The Kier molecular flexibility index (Phi) is 4.60. The lowest BCUT2D eigenvalue weighted by atomic mass is 10.2. The van der Waals surface area contributed by atoms with E-state index >= 15 is 0 Å². The number of anilines is 1. The van der Waals surface area contributed by atoms with Crippen LogP contribution >= 0.6 is 43.5 Å². The Morgan fingerprint density at radius 3 is 2.53 bits per heavy atom. The maximum Gasteiger partial charge on any atom is 0.255 e. The highest BCUT2D eigenvalue weighted by atomic mass is 79.9. The van der Waals surface area contributed by atoms with Gasteiger partial charge in [0.25, 0.3) is 5.91 Å². The fourth-order valence-corrected chi connectivity index (χ4v) is 2.69. The molecule has 0 unspecified atom stereocenters. The third-order valence-corrected chi connectivity index (χ3v) is 3.47. The predicted molar refractivity (Wildman–Crippen MR) is 81.2 cm³/mol. The van der Waals surface area contributed by atoms with Gasteiger partial charge in [-0.1, -0.05) is 43.5 Å². The molecule has 1 amide bonds. The molecular weight excluding hydrogens is 400 g/mol. The lowest BCUT2D eigenvalue weighted by Gasteiger charge is -2.07. The van der Waals surface area contributed by atoms with E-state index in [2.05, 4.69) is 37.2 Å². The van der Waals surface area contributed by atoms with E-state index < -0.39 is 11.7 Å². The summed E-state index contributed by atoms with van der Waals surface area (Å²) in [7, 11) is 0. The van der Waals surface area contributed by atoms with Crippen molar-refractivity contribution in [1.82, 2.24) is 0 Å². The summed E-state index contributed by atoms with van der Waals surface area (Å²) in [6.45, 7) is 0. The molecule has 0 saturated heterocycles. The van der Waals surface area contributed by atoms with Crippen molar-refractivity contribution in [1.29, 1.82) is 0 Å². The van der Waals surface area contributed by atoms with Crippen LogP contribution < -0.4 is 5.32 Å². The molecule has 2 nitrogen and oxygen atoms in total. The van der Waals surface area contributed by atoms with Gasteiger partial charge in [0.15, 0.2) is 0 Å². The summed E-state index contributed by atoms with van der Waals surface area (Å²) in [6, 6.07) is 9.11. The Morgan fingerprint density at radius 2 is 1.84 bits per heavy atom. The maximum atomic E-state index is 13.5. The number of carbonyl (C=O) groups is 1. The Bertz CT molecular complexity index is 628. The minimum atomic E-state index is -0.502. The number of carbonyl (C=O) groups excluding carboxylic acids is 1. The van der Waals surface area contributed by atoms with Gasteiger partial charge in [-0.05, 0) is 36.4 Å². The first-order valence-corrected chi connectivity index (χ1v) is 7.14. The first kappa shape index (κ1) is 14.5. The molecule has 2 rings (SSSR count). The van der Waals surface area contributed by atoms with Gasteiger partial charge in [-0.3, -0.25) is 4.79 Å². The fraction of sp³-hybridized carbons (Fsp3) is 0. The zero-order valence-corrected chi connectivity index (χ0v) is 13.3. The molecule has 0 aliphatic rings. The minimum absolute atomic E-state index is 0.107. The van der Waals surface area contributed by atoms with Crippen LogP contribution in [0.15, 0.2) is 45.3 Å². The zero-order valence-electron chi connectivity index (χ0n) is 9.38. The van der Waals surface area contributed by atoms with Crippen LogP contribution in [0.25, 0.3) is 0 Å². The predicted octanol–water partition coefficient (Wildman–Crippen LogP) is 5.26. The summed E-state index contributed by atoms with van der Waals surface area (Å²) in [5.41, 5.74) is 0.453. The van der Waals surface area contributed by atoms with E-state index in [0.717, 1.165) is 0 Å². The normalized spacial score (nSPS) is 10.3. The van der Waals surface area contributed by atoms with Gasteiger partial charge in [0, 0.05) is 19.5 Å². The molecule has 0 radical (unpaired) electrons. The van der Waals surface area contributed by atoms with Gasteiger partial charge in [0.1, 0.15) is 5.82 Å². The number of hydrogen-bond donors (Lipinski definition) is 1. The minimum Gasteiger partial charge on any atom is -0.319 e. The molecule has 0 heterocycles. The lowest BCUT2D eigenvalue weighted by Crippen LogP contribution is -2.13. The van der Waals surface area contributed by atoms with Crippen LogP contribution in [0.5, 0.6) is 0 Å². The van der Waals surface area contributed by atoms with E-state index in [1.807, 2.05) is 0 Å². The molecule has 0 aliphatic carbocycles. The van der Waals surface area contributed by atoms with Gasteiger partial charge >= 0.3 is 0 Å². The molecule has 2 aromatic rings. The first-order valence-electron chi connectivity index (χ1n) is 5.18. The van der Waals surface area contributed by atoms with E-state index in [0.29, 0.717) is 19.5 Å². The summed E-state index contributed by atoms with van der Waals surface area (Å²) >= 11 is 12.3. The number of rotatable bonds is 2. The third kappa shape index (κ3) is 3.78. The zero-order chi connectivity index (χ0) is 14.0. The van der Waals surface area contributed by atoms with Crippen LogP contribution in [0.2, 0.25) is 5.02 Å². The van der Waals surface area contributed by atoms with Crippen LogP contribution in [-0.2, 0) is 0 Å². The maximum absolute atomic E-state index is 13.5. The number of benzene rings is 2. The van der Waals surface area contributed by atoms with E-state index in [-0.39, 0.29) is 5.69 Å². The van der Waals surface area contributed by atoms with Crippen LogP contribution in [0.1, 0.15) is 10.4 Å². The molecule has 0 fully saturated rings. The molecule has 0 aromatic heterocycles. The summed E-state index contributed by atoms with van der Waals surface area (Å²) in [6.07, 6.45) is 0. The number of amides is 1. The van der Waals surface area contributed by atoms with Crippen LogP contribution in [0.4, 0.5) is 10.1 Å². The quantitative estimate of drug-likeness (QED) is 0.723. The van der Waals surface area contributed by atoms with Gasteiger partial charge in [-0.15, -0.1) is 0 Å². The van der Waals surface area contributed by atoms with Crippen molar-refractivity contribution >= 4 is 55.1 Å². The molecule has 0 atom stereocenters. The Hall–Kier alpha value is -0.910. The molecule has 0 bridgehead atoms. The van der Waals surface area contributed by atoms with Crippen molar-refractivity contribution in [3.05, 3.63) is 61.7 Å². The van der Waals surface area contributed by atoms with E-state index in [1.54, 1.807) is 18.2 Å². The van der Waals surface area contributed by atoms with Crippen LogP contribution in [0, 0.1) is 5.82 Å². The highest BCUT2D eigenvalue weighted by Gasteiger charge is 2.11. The third-order valence-electron chi connectivity index (χ3n) is 2.30. The van der Waals surface area contributed by atoms with Gasteiger partial charge in [0.05, 0.1) is 5.69 Å². The Morgan fingerprint density at radius 1 is 1.11 bits per heavy atom. The largest absolute Gasteiger partial charge is 0.319 e. The summed E-state index contributed by atoms with van der Waals surface area (Å²) in [4.78, 5) is 12.0. The standard InChI is InChI=1S/C13H7Br2ClFNO/c14-8-1-2-11(17)12(6-8)18-13(19)7-3-9(15)5-10(16)4-7/h1-6H,(H,18,19). The van der Waals surface area contributed by atoms with Crippen molar-refractivity contribution in [3.63, 3.8) is 0 Å². The first-order chi connectivity index (χ1) is 8.95. The Labute approximate surface area is 131 Å². The van der Waals surface area contributed by atoms with Crippen LogP contribution in [0.3, 0.4) is 0 Å². The monoisotopic (exact) mass is 405 g/mol. The van der Waals surface area contributed by atoms with Gasteiger partial charge < -0.3 is 5.32 Å². The molecule has 98 valence electrons. The summed E-state index contributed by atoms with van der Waals surface area (Å²) in [5.74, 6) is -0.933. The highest BCUT2D eigenvalue weighted by molar-refractivity contribution is 9.10. The molecule has 19 heavy (non-hydrogen) atoms. The second-order valence-corrected chi connectivity index (χ2v) is 6.00. The van der Waals surface area contributed by atoms with E-state index in [1.165, 1.54) is 18.2 Å². The smallest absolute Gasteiger partial charge is 0.255 e. The van der Waals surface area contributed by atoms with Crippen molar-refractivity contribution in [3.8, 4) is 0 Å². The average molecular weight is 407 g/mol. The molecule has 0 saturated carbocycles. The van der Waals surface area contributed by atoms with Gasteiger partial charge in [-0.25, -0.2) is 4.39 Å². The average Bonchev–Trinajstić information content (AvgIpc) is 2.32. The van der Waals surface area contributed by atoms with Crippen LogP contribution in [-0.4, -0.2) is 5.91 Å². The number of hydrogen-bond acceptors (Lipinski definition) is 1. The van der Waals surface area contributed by atoms with Gasteiger partial charge in [0.2, 0.25) is 0 Å². The van der Waals surface area contributed by atoms with Crippen molar-refractivity contribution < 1.29 is 9.18 Å². The SMILES string of the molecule is O=C(Nc1cc(Br)ccc1F)c1cc(Cl)cc(Br)c1. The Balaban J connectivity index is 2.28. The fourth-order valence-electron chi connectivity index (χ4n) is 1.47. The summed E-state index contributed by atoms with van der Waals surface area (Å²) < 4.78 is 14.9. The lowest BCUT2D eigenvalue weighted by molar-refractivity contribution is 0.102. The second kappa shape index (κ2) is 6.03.